The topological polar surface area (TPSA) is 59.0 Å². The number of hydrogen-bond acceptors (Lipinski definition) is 4. The SMILES string of the molecule is COc1ccc(C(c2ccc(C)cc2C)N2CCCCC2C(=O)O)c(OC)c1. The van der Waals surface area contributed by atoms with E-state index in [9.17, 15) is 9.90 Å². The van der Waals surface area contributed by atoms with Gasteiger partial charge in [-0.2, -0.15) is 0 Å². The number of aliphatic carboxylic acids is 1. The van der Waals surface area contributed by atoms with Gasteiger partial charge in [-0.1, -0.05) is 30.2 Å². The van der Waals surface area contributed by atoms with Gasteiger partial charge in [0.25, 0.3) is 0 Å². The second kappa shape index (κ2) is 8.65. The quantitative estimate of drug-likeness (QED) is 0.804. The molecule has 1 fully saturated rings. The summed E-state index contributed by atoms with van der Waals surface area (Å²) in [6.07, 6.45) is 2.59. The van der Waals surface area contributed by atoms with Crippen LogP contribution in [0.4, 0.5) is 0 Å². The van der Waals surface area contributed by atoms with Crippen molar-refractivity contribution in [2.45, 2.75) is 45.2 Å². The molecule has 1 aliphatic heterocycles. The number of piperidine rings is 1. The number of likely N-dealkylation sites (tertiary alicyclic amines) is 1. The smallest absolute Gasteiger partial charge is 0.320 e. The van der Waals surface area contributed by atoms with Gasteiger partial charge >= 0.3 is 5.97 Å². The average Bonchev–Trinajstić information content (AvgIpc) is 2.70. The molecular formula is C23H29NO4. The molecule has 2 atom stereocenters. The van der Waals surface area contributed by atoms with Crippen LogP contribution in [0.3, 0.4) is 0 Å². The zero-order chi connectivity index (χ0) is 20.3. The van der Waals surface area contributed by atoms with Crippen LogP contribution in [-0.4, -0.2) is 42.8 Å². The number of carbonyl (C=O) groups is 1. The number of hydrogen-bond donors (Lipinski definition) is 1. The molecule has 2 aromatic rings. The predicted molar refractivity (Wildman–Crippen MR) is 109 cm³/mol. The minimum atomic E-state index is -0.762. The normalized spacial score (nSPS) is 18.5. The van der Waals surface area contributed by atoms with E-state index in [1.54, 1.807) is 14.2 Å². The molecule has 1 heterocycles. The first kappa shape index (κ1) is 20.2. The van der Waals surface area contributed by atoms with Crippen molar-refractivity contribution in [2.75, 3.05) is 20.8 Å². The maximum Gasteiger partial charge on any atom is 0.320 e. The van der Waals surface area contributed by atoms with Crippen molar-refractivity contribution < 1.29 is 19.4 Å². The summed E-state index contributed by atoms with van der Waals surface area (Å²) >= 11 is 0. The summed E-state index contributed by atoms with van der Waals surface area (Å²) in [7, 11) is 3.27. The Morgan fingerprint density at radius 3 is 2.46 bits per heavy atom. The van der Waals surface area contributed by atoms with Crippen molar-refractivity contribution in [3.8, 4) is 11.5 Å². The number of rotatable bonds is 6. The van der Waals surface area contributed by atoms with Crippen LogP contribution >= 0.6 is 0 Å². The molecule has 2 unspecified atom stereocenters. The van der Waals surface area contributed by atoms with Gasteiger partial charge in [0, 0.05) is 11.6 Å². The number of nitrogens with zero attached hydrogens (tertiary/aromatic N) is 1. The average molecular weight is 383 g/mol. The van der Waals surface area contributed by atoms with Crippen LogP contribution in [0.25, 0.3) is 0 Å². The zero-order valence-corrected chi connectivity index (χ0v) is 17.1. The predicted octanol–water partition coefficient (Wildman–Crippen LogP) is 4.35. The summed E-state index contributed by atoms with van der Waals surface area (Å²) in [5.74, 6) is 0.661. The fraction of sp³-hybridized carbons (Fsp3) is 0.435. The number of ether oxygens (including phenoxy) is 2. The molecule has 5 nitrogen and oxygen atoms in total. The van der Waals surface area contributed by atoms with E-state index in [1.807, 2.05) is 18.2 Å². The number of methoxy groups -OCH3 is 2. The highest BCUT2D eigenvalue weighted by Gasteiger charge is 2.36. The molecule has 0 radical (unpaired) electrons. The van der Waals surface area contributed by atoms with E-state index < -0.39 is 12.0 Å². The summed E-state index contributed by atoms with van der Waals surface area (Å²) in [6, 6.07) is 11.4. The van der Waals surface area contributed by atoms with Crippen molar-refractivity contribution >= 4 is 5.97 Å². The molecule has 2 aromatic carbocycles. The van der Waals surface area contributed by atoms with Gasteiger partial charge in [-0.05, 0) is 56.5 Å². The van der Waals surface area contributed by atoms with Crippen LogP contribution in [0.1, 0.15) is 47.6 Å². The van der Waals surface area contributed by atoms with Gasteiger partial charge in [-0.25, -0.2) is 0 Å². The molecule has 5 heteroatoms. The molecule has 0 spiro atoms. The Balaban J connectivity index is 2.18. The monoisotopic (exact) mass is 383 g/mol. The molecule has 0 bridgehead atoms. The molecular weight excluding hydrogens is 354 g/mol. The lowest BCUT2D eigenvalue weighted by Crippen LogP contribution is -2.47. The lowest BCUT2D eigenvalue weighted by molar-refractivity contribution is -0.145. The van der Waals surface area contributed by atoms with Crippen LogP contribution in [0.15, 0.2) is 36.4 Å². The highest BCUT2D eigenvalue weighted by molar-refractivity contribution is 5.74. The summed E-state index contributed by atoms with van der Waals surface area (Å²) < 4.78 is 11.0. The first-order valence-electron chi connectivity index (χ1n) is 9.74. The highest BCUT2D eigenvalue weighted by Crippen LogP contribution is 2.41. The van der Waals surface area contributed by atoms with Crippen LogP contribution in [0.5, 0.6) is 11.5 Å². The van der Waals surface area contributed by atoms with Gasteiger partial charge in [0.1, 0.15) is 17.5 Å². The second-order valence-electron chi connectivity index (χ2n) is 7.46. The van der Waals surface area contributed by atoms with Crippen molar-refractivity contribution in [2.24, 2.45) is 0 Å². The van der Waals surface area contributed by atoms with Gasteiger partial charge < -0.3 is 14.6 Å². The summed E-state index contributed by atoms with van der Waals surface area (Å²) in [6.45, 7) is 4.90. The number of aryl methyl sites for hydroxylation is 2. The van der Waals surface area contributed by atoms with E-state index >= 15 is 0 Å². The molecule has 0 aliphatic carbocycles. The Hall–Kier alpha value is -2.53. The number of carboxylic acid groups (broad SMARTS) is 1. The molecule has 1 saturated heterocycles. The van der Waals surface area contributed by atoms with Crippen molar-refractivity contribution in [1.29, 1.82) is 0 Å². The molecule has 0 saturated carbocycles. The number of benzene rings is 2. The standard InChI is InChI=1S/C23H29NO4/c1-15-8-10-18(16(2)13-15)22(24-12-6-5-7-20(24)23(25)26)19-11-9-17(27-3)14-21(19)28-4/h8-11,13-14,20,22H,5-7,12H2,1-4H3,(H,25,26). The summed E-state index contributed by atoms with van der Waals surface area (Å²) in [5.41, 5.74) is 4.42. The lowest BCUT2D eigenvalue weighted by atomic mass is 9.88. The lowest BCUT2D eigenvalue weighted by Gasteiger charge is -2.40. The second-order valence-corrected chi connectivity index (χ2v) is 7.46. The van der Waals surface area contributed by atoms with Crippen LogP contribution in [0.2, 0.25) is 0 Å². The third-order valence-electron chi connectivity index (χ3n) is 5.62. The van der Waals surface area contributed by atoms with E-state index in [0.29, 0.717) is 17.9 Å². The van der Waals surface area contributed by atoms with Crippen molar-refractivity contribution in [1.82, 2.24) is 4.90 Å². The third-order valence-corrected chi connectivity index (χ3v) is 5.62. The summed E-state index contributed by atoms with van der Waals surface area (Å²) in [4.78, 5) is 14.2. The zero-order valence-electron chi connectivity index (χ0n) is 17.1. The van der Waals surface area contributed by atoms with E-state index in [-0.39, 0.29) is 6.04 Å². The molecule has 1 aliphatic rings. The molecule has 28 heavy (non-hydrogen) atoms. The van der Waals surface area contributed by atoms with E-state index in [0.717, 1.165) is 36.1 Å². The Labute approximate surface area is 166 Å². The fourth-order valence-electron chi connectivity index (χ4n) is 4.23. The summed E-state index contributed by atoms with van der Waals surface area (Å²) in [5, 5.41) is 9.88. The van der Waals surface area contributed by atoms with Crippen LogP contribution < -0.4 is 9.47 Å². The fourth-order valence-corrected chi connectivity index (χ4v) is 4.23. The maximum absolute atomic E-state index is 12.0. The highest BCUT2D eigenvalue weighted by atomic mass is 16.5. The molecule has 3 rings (SSSR count). The van der Waals surface area contributed by atoms with Gasteiger partial charge in [-0.15, -0.1) is 0 Å². The minimum Gasteiger partial charge on any atom is -0.497 e. The van der Waals surface area contributed by atoms with Crippen LogP contribution in [-0.2, 0) is 4.79 Å². The Morgan fingerprint density at radius 1 is 1.07 bits per heavy atom. The van der Waals surface area contributed by atoms with Gasteiger partial charge in [0.05, 0.1) is 20.3 Å². The van der Waals surface area contributed by atoms with Crippen molar-refractivity contribution in [3.63, 3.8) is 0 Å². The Kier molecular flexibility index (Phi) is 6.25. The van der Waals surface area contributed by atoms with Crippen LogP contribution in [0, 0.1) is 13.8 Å². The first-order chi connectivity index (χ1) is 13.5. The first-order valence-corrected chi connectivity index (χ1v) is 9.74. The Morgan fingerprint density at radius 2 is 1.82 bits per heavy atom. The van der Waals surface area contributed by atoms with E-state index in [4.69, 9.17) is 9.47 Å². The minimum absolute atomic E-state index is 0.192. The molecule has 150 valence electrons. The van der Waals surface area contributed by atoms with Gasteiger partial charge in [0.2, 0.25) is 0 Å². The van der Waals surface area contributed by atoms with Gasteiger partial charge in [-0.3, -0.25) is 9.69 Å². The largest absolute Gasteiger partial charge is 0.497 e. The third kappa shape index (κ3) is 3.99. The van der Waals surface area contributed by atoms with Crippen molar-refractivity contribution in [3.05, 3.63) is 58.7 Å². The molecule has 0 aromatic heterocycles. The Bertz CT molecular complexity index is 848. The molecule has 0 amide bonds. The van der Waals surface area contributed by atoms with Gasteiger partial charge in [0.15, 0.2) is 0 Å². The number of carboxylic acids is 1. The maximum atomic E-state index is 12.0. The molecule has 1 N–H and O–H groups in total. The van der Waals surface area contributed by atoms with E-state index in [1.165, 1.54) is 5.56 Å². The van der Waals surface area contributed by atoms with E-state index in [2.05, 4.69) is 36.9 Å².